The zero-order valence-corrected chi connectivity index (χ0v) is 18.8. The van der Waals surface area contributed by atoms with Gasteiger partial charge in [0.1, 0.15) is 5.82 Å². The first-order chi connectivity index (χ1) is 14.7. The van der Waals surface area contributed by atoms with Gasteiger partial charge in [-0.1, -0.05) is 12.1 Å². The number of anilines is 1. The van der Waals surface area contributed by atoms with Crippen molar-refractivity contribution in [3.63, 3.8) is 0 Å². The van der Waals surface area contributed by atoms with Gasteiger partial charge in [0.25, 0.3) is 5.56 Å². The molecule has 0 atom stereocenters. The molecule has 1 aromatic heterocycles. The number of piperazine rings is 1. The fraction of sp³-hybridized carbons (Fsp3) is 0.500. The van der Waals surface area contributed by atoms with Gasteiger partial charge in [-0.05, 0) is 18.6 Å². The summed E-state index contributed by atoms with van der Waals surface area (Å²) in [4.78, 5) is 28.4. The van der Waals surface area contributed by atoms with Crippen LogP contribution in [-0.2, 0) is 24.2 Å². The molecule has 0 unspecified atom stereocenters. The first-order valence-corrected chi connectivity index (χ1v) is 11.8. The van der Waals surface area contributed by atoms with Gasteiger partial charge in [-0.15, -0.1) is 0 Å². The number of aromatic nitrogens is 2. The Kier molecular flexibility index (Phi) is 7.06. The van der Waals surface area contributed by atoms with E-state index in [0.717, 1.165) is 36.9 Å². The second kappa shape index (κ2) is 9.56. The third kappa shape index (κ3) is 5.88. The maximum absolute atomic E-state index is 12.1. The summed E-state index contributed by atoms with van der Waals surface area (Å²) in [7, 11) is -0.476. The molecule has 1 saturated heterocycles. The quantitative estimate of drug-likeness (QED) is 0.408. The summed E-state index contributed by atoms with van der Waals surface area (Å²) in [6.45, 7) is 4.28. The topological polar surface area (TPSA) is 103 Å². The van der Waals surface area contributed by atoms with Crippen LogP contribution in [0.2, 0.25) is 0 Å². The summed E-state index contributed by atoms with van der Waals surface area (Å²) >= 11 is 0. The van der Waals surface area contributed by atoms with Crippen molar-refractivity contribution in [3.8, 4) is 11.5 Å². The molecule has 0 aliphatic carbocycles. The van der Waals surface area contributed by atoms with Crippen LogP contribution < -0.4 is 25.1 Å². The number of nitrogens with zero attached hydrogens (tertiary/aromatic N) is 4. The van der Waals surface area contributed by atoms with Crippen molar-refractivity contribution in [3.05, 3.63) is 51.2 Å². The van der Waals surface area contributed by atoms with Crippen molar-refractivity contribution in [2.24, 2.45) is 14.1 Å². The lowest BCUT2D eigenvalue weighted by atomic mass is 10.3. The molecule has 170 valence electrons. The summed E-state index contributed by atoms with van der Waals surface area (Å²) in [6, 6.07) is 8.17. The third-order valence-corrected chi connectivity index (χ3v) is 5.65. The highest BCUT2D eigenvalue weighted by molar-refractivity contribution is 7.86. The predicted molar refractivity (Wildman–Crippen MR) is 118 cm³/mol. The number of benzene rings is 1. The van der Waals surface area contributed by atoms with Crippen molar-refractivity contribution in [2.75, 3.05) is 50.5 Å². The molecule has 0 spiro atoms. The van der Waals surface area contributed by atoms with E-state index in [2.05, 4.69) is 9.80 Å². The van der Waals surface area contributed by atoms with Crippen LogP contribution in [-0.4, -0.2) is 68.0 Å². The van der Waals surface area contributed by atoms with Crippen LogP contribution in [0, 0.1) is 0 Å². The molecule has 1 aromatic carbocycles. The fourth-order valence-electron chi connectivity index (χ4n) is 3.50. The maximum Gasteiger partial charge on any atom is 0.332 e. The van der Waals surface area contributed by atoms with E-state index in [4.69, 9.17) is 8.92 Å². The van der Waals surface area contributed by atoms with Crippen LogP contribution >= 0.6 is 0 Å². The summed E-state index contributed by atoms with van der Waals surface area (Å²) in [6.07, 6.45) is 1.76. The molecule has 0 saturated carbocycles. The third-order valence-electron chi connectivity index (χ3n) is 5.16. The zero-order chi connectivity index (χ0) is 22.6. The molecule has 0 N–H and O–H groups in total. The SMILES string of the molecule is Cn1c(N2CCN(CCCOc3ccccc3OS(C)(=O)=O)CC2)cc(=O)n(C)c1=O. The normalized spacial score (nSPS) is 15.1. The Balaban J connectivity index is 1.48. The molecule has 1 aliphatic heterocycles. The number of rotatable bonds is 8. The molecule has 31 heavy (non-hydrogen) atoms. The van der Waals surface area contributed by atoms with Gasteiger partial charge >= 0.3 is 15.8 Å². The standard InChI is InChI=1S/C20H28N4O6S/c1-21-18(15-19(25)22(2)20(21)26)24-12-10-23(11-13-24)9-6-14-29-16-7-4-5-8-17(16)30-31(3,27)28/h4-5,7-8,15H,6,9-14H2,1-3H3. The average molecular weight is 453 g/mol. The van der Waals surface area contributed by atoms with E-state index in [1.54, 1.807) is 31.3 Å². The monoisotopic (exact) mass is 452 g/mol. The Labute approximate surface area is 181 Å². The lowest BCUT2D eigenvalue weighted by Crippen LogP contribution is -2.49. The number of hydrogen-bond donors (Lipinski definition) is 0. The molecule has 1 fully saturated rings. The highest BCUT2D eigenvalue weighted by atomic mass is 32.2. The Morgan fingerprint density at radius 3 is 2.26 bits per heavy atom. The molecule has 10 nitrogen and oxygen atoms in total. The molecule has 11 heteroatoms. The molecule has 0 amide bonds. The van der Waals surface area contributed by atoms with E-state index in [-0.39, 0.29) is 17.0 Å². The lowest BCUT2D eigenvalue weighted by molar-refractivity contribution is 0.222. The van der Waals surface area contributed by atoms with Crippen molar-refractivity contribution < 1.29 is 17.3 Å². The average Bonchev–Trinajstić information content (AvgIpc) is 2.73. The van der Waals surface area contributed by atoms with E-state index in [1.165, 1.54) is 17.7 Å². The summed E-state index contributed by atoms with van der Waals surface area (Å²) in [5, 5.41) is 0. The molecule has 3 rings (SSSR count). The minimum absolute atomic E-state index is 0.179. The van der Waals surface area contributed by atoms with Gasteiger partial charge in [0.05, 0.1) is 12.9 Å². The summed E-state index contributed by atoms with van der Waals surface area (Å²) in [5.74, 6) is 1.21. The van der Waals surface area contributed by atoms with Crippen LogP contribution in [0.1, 0.15) is 6.42 Å². The van der Waals surface area contributed by atoms with E-state index in [0.29, 0.717) is 31.3 Å². The van der Waals surface area contributed by atoms with Gasteiger partial charge in [-0.25, -0.2) is 4.79 Å². The minimum atomic E-state index is -3.62. The Hall–Kier alpha value is -2.79. The first kappa shape index (κ1) is 22.9. The minimum Gasteiger partial charge on any atom is -0.490 e. The van der Waals surface area contributed by atoms with Crippen molar-refractivity contribution in [1.82, 2.24) is 14.0 Å². The lowest BCUT2D eigenvalue weighted by Gasteiger charge is -2.36. The van der Waals surface area contributed by atoms with E-state index >= 15 is 0 Å². The number of para-hydroxylation sites is 2. The van der Waals surface area contributed by atoms with Gasteiger partial charge in [-0.3, -0.25) is 18.8 Å². The van der Waals surface area contributed by atoms with Gasteiger partial charge in [-0.2, -0.15) is 8.42 Å². The van der Waals surface area contributed by atoms with Crippen molar-refractivity contribution in [2.45, 2.75) is 6.42 Å². The van der Waals surface area contributed by atoms with E-state index in [9.17, 15) is 18.0 Å². The second-order valence-electron chi connectivity index (χ2n) is 7.51. The smallest absolute Gasteiger partial charge is 0.332 e. The van der Waals surface area contributed by atoms with Gasteiger partial charge < -0.3 is 13.8 Å². The Morgan fingerprint density at radius 1 is 0.968 bits per heavy atom. The highest BCUT2D eigenvalue weighted by Gasteiger charge is 2.20. The largest absolute Gasteiger partial charge is 0.490 e. The molecule has 2 heterocycles. The Bertz CT molecular complexity index is 1130. The van der Waals surface area contributed by atoms with Crippen LogP contribution in [0.25, 0.3) is 0 Å². The molecule has 0 bridgehead atoms. The Morgan fingerprint density at radius 2 is 1.61 bits per heavy atom. The molecule has 2 aromatic rings. The van der Waals surface area contributed by atoms with Crippen molar-refractivity contribution in [1.29, 1.82) is 0 Å². The predicted octanol–water partition coefficient (Wildman–Crippen LogP) is 0.0135. The van der Waals surface area contributed by atoms with Gasteiger partial charge in [0.2, 0.25) is 0 Å². The fourth-order valence-corrected chi connectivity index (χ4v) is 3.96. The molecular formula is C20H28N4O6S. The molecule has 1 aliphatic rings. The van der Waals surface area contributed by atoms with Crippen LogP contribution in [0.3, 0.4) is 0 Å². The van der Waals surface area contributed by atoms with Crippen LogP contribution in [0.5, 0.6) is 11.5 Å². The van der Waals surface area contributed by atoms with Gasteiger partial charge in [0, 0.05) is 52.9 Å². The van der Waals surface area contributed by atoms with E-state index in [1.807, 2.05) is 0 Å². The summed E-state index contributed by atoms with van der Waals surface area (Å²) in [5.41, 5.74) is -0.639. The summed E-state index contributed by atoms with van der Waals surface area (Å²) < 4.78 is 36.0. The first-order valence-electron chi connectivity index (χ1n) is 10.0. The highest BCUT2D eigenvalue weighted by Crippen LogP contribution is 2.27. The second-order valence-corrected chi connectivity index (χ2v) is 9.08. The molecule has 0 radical (unpaired) electrons. The van der Waals surface area contributed by atoms with Gasteiger partial charge in [0.15, 0.2) is 11.5 Å². The van der Waals surface area contributed by atoms with Crippen LogP contribution in [0.4, 0.5) is 5.82 Å². The zero-order valence-electron chi connectivity index (χ0n) is 18.0. The van der Waals surface area contributed by atoms with E-state index < -0.39 is 10.1 Å². The maximum atomic E-state index is 12.1. The number of hydrogen-bond acceptors (Lipinski definition) is 8. The molecular weight excluding hydrogens is 424 g/mol. The number of ether oxygens (including phenoxy) is 1. The van der Waals surface area contributed by atoms with Crippen molar-refractivity contribution >= 4 is 15.9 Å². The van der Waals surface area contributed by atoms with Crippen LogP contribution in [0.15, 0.2) is 39.9 Å².